The normalized spacial score (nSPS) is 10.4. The molecule has 0 spiro atoms. The molecule has 0 radical (unpaired) electrons. The Morgan fingerprint density at radius 2 is 2.06 bits per heavy atom. The lowest BCUT2D eigenvalue weighted by molar-refractivity contribution is -0.138. The van der Waals surface area contributed by atoms with E-state index < -0.39 is 24.2 Å². The molecule has 0 atom stereocenters. The van der Waals surface area contributed by atoms with Gasteiger partial charge in [-0.05, 0) is 32.0 Å². The summed E-state index contributed by atoms with van der Waals surface area (Å²) in [7, 11) is 0. The van der Waals surface area contributed by atoms with Crippen LogP contribution < -0.4 is 5.73 Å². The summed E-state index contributed by atoms with van der Waals surface area (Å²) in [6.07, 6.45) is 0. The van der Waals surface area contributed by atoms with Gasteiger partial charge in [-0.2, -0.15) is 0 Å². The van der Waals surface area contributed by atoms with Crippen LogP contribution >= 0.6 is 0 Å². The molecule has 0 bridgehead atoms. The summed E-state index contributed by atoms with van der Waals surface area (Å²) >= 11 is 0. The van der Waals surface area contributed by atoms with Crippen LogP contribution in [0, 0.1) is 5.82 Å². The minimum absolute atomic E-state index is 0.0547. The summed E-state index contributed by atoms with van der Waals surface area (Å²) in [4.78, 5) is 23.9. The maximum absolute atomic E-state index is 13.3. The van der Waals surface area contributed by atoms with Crippen molar-refractivity contribution in [1.82, 2.24) is 4.90 Å². The van der Waals surface area contributed by atoms with E-state index in [1.807, 2.05) is 0 Å². The van der Waals surface area contributed by atoms with Crippen LogP contribution in [0.15, 0.2) is 18.2 Å². The molecular formula is C12H15FN2O3. The van der Waals surface area contributed by atoms with Gasteiger partial charge < -0.3 is 15.7 Å². The van der Waals surface area contributed by atoms with Gasteiger partial charge in [-0.1, -0.05) is 0 Å². The number of nitrogens with zero attached hydrogens (tertiary/aromatic N) is 1. The number of nitrogens with two attached hydrogens (primary N) is 1. The van der Waals surface area contributed by atoms with Crippen LogP contribution in [0.5, 0.6) is 0 Å². The Morgan fingerprint density at radius 1 is 1.44 bits per heavy atom. The quantitative estimate of drug-likeness (QED) is 0.794. The number of anilines is 1. The molecule has 0 unspecified atom stereocenters. The van der Waals surface area contributed by atoms with Crippen molar-refractivity contribution in [2.45, 2.75) is 19.9 Å². The third-order valence-corrected chi connectivity index (χ3v) is 2.44. The number of carboxylic acids is 1. The number of carbonyl (C=O) groups excluding carboxylic acids is 1. The lowest BCUT2D eigenvalue weighted by atomic mass is 10.1. The van der Waals surface area contributed by atoms with E-state index in [0.29, 0.717) is 0 Å². The Balaban J connectivity index is 3.02. The van der Waals surface area contributed by atoms with Crippen LogP contribution in [0.2, 0.25) is 0 Å². The molecule has 1 amide bonds. The highest BCUT2D eigenvalue weighted by Gasteiger charge is 2.21. The number of nitrogen functional groups attached to an aromatic ring is 1. The zero-order chi connectivity index (χ0) is 13.9. The Labute approximate surface area is 104 Å². The third-order valence-electron chi connectivity index (χ3n) is 2.44. The molecule has 0 saturated carbocycles. The Kier molecular flexibility index (Phi) is 4.25. The van der Waals surface area contributed by atoms with Crippen LogP contribution in [0.25, 0.3) is 0 Å². The Hall–Kier alpha value is -2.11. The van der Waals surface area contributed by atoms with Crippen molar-refractivity contribution < 1.29 is 19.1 Å². The summed E-state index contributed by atoms with van der Waals surface area (Å²) in [5.41, 5.74) is 5.34. The summed E-state index contributed by atoms with van der Waals surface area (Å²) in [5.74, 6) is -2.35. The van der Waals surface area contributed by atoms with Crippen LogP contribution in [0.1, 0.15) is 24.2 Å². The van der Waals surface area contributed by atoms with E-state index in [0.717, 1.165) is 11.0 Å². The van der Waals surface area contributed by atoms with Gasteiger partial charge in [0.1, 0.15) is 12.4 Å². The van der Waals surface area contributed by atoms with Crippen molar-refractivity contribution >= 4 is 17.6 Å². The number of benzene rings is 1. The molecule has 0 aromatic heterocycles. The molecule has 6 heteroatoms. The molecule has 0 aliphatic rings. The fourth-order valence-electron chi connectivity index (χ4n) is 1.46. The molecule has 0 heterocycles. The summed E-state index contributed by atoms with van der Waals surface area (Å²) < 4.78 is 13.3. The molecule has 3 N–H and O–H groups in total. The number of carbonyl (C=O) groups is 2. The largest absolute Gasteiger partial charge is 0.480 e. The van der Waals surface area contributed by atoms with E-state index in [9.17, 15) is 14.0 Å². The van der Waals surface area contributed by atoms with Crippen molar-refractivity contribution in [2.75, 3.05) is 12.3 Å². The van der Waals surface area contributed by atoms with E-state index in [1.165, 1.54) is 12.1 Å². The molecular weight excluding hydrogens is 239 g/mol. The molecule has 1 aromatic carbocycles. The lowest BCUT2D eigenvalue weighted by Gasteiger charge is -2.25. The Bertz CT molecular complexity index is 474. The SMILES string of the molecule is CC(C)N(CC(=O)O)C(=O)c1ccc(N)c(F)c1. The first-order chi connectivity index (χ1) is 8.32. The maximum Gasteiger partial charge on any atom is 0.323 e. The second kappa shape index (κ2) is 5.48. The van der Waals surface area contributed by atoms with Crippen LogP contribution in [0.4, 0.5) is 10.1 Å². The second-order valence-corrected chi connectivity index (χ2v) is 4.16. The van der Waals surface area contributed by atoms with Gasteiger partial charge in [-0.15, -0.1) is 0 Å². The van der Waals surface area contributed by atoms with E-state index in [4.69, 9.17) is 10.8 Å². The van der Waals surface area contributed by atoms with Gasteiger partial charge in [0.2, 0.25) is 0 Å². The molecule has 98 valence electrons. The summed E-state index contributed by atoms with van der Waals surface area (Å²) in [6.45, 7) is 2.95. The fourth-order valence-corrected chi connectivity index (χ4v) is 1.46. The molecule has 0 aliphatic heterocycles. The van der Waals surface area contributed by atoms with Gasteiger partial charge in [0.15, 0.2) is 0 Å². The molecule has 1 aromatic rings. The molecule has 0 fully saturated rings. The monoisotopic (exact) mass is 254 g/mol. The highest BCUT2D eigenvalue weighted by molar-refractivity contribution is 5.96. The number of aliphatic carboxylic acids is 1. The third kappa shape index (κ3) is 3.19. The molecule has 5 nitrogen and oxygen atoms in total. The van der Waals surface area contributed by atoms with Gasteiger partial charge in [-0.25, -0.2) is 4.39 Å². The van der Waals surface area contributed by atoms with Crippen molar-refractivity contribution in [3.05, 3.63) is 29.6 Å². The summed E-state index contributed by atoms with van der Waals surface area (Å²) in [5, 5.41) is 8.74. The average molecular weight is 254 g/mol. The standard InChI is InChI=1S/C12H15FN2O3/c1-7(2)15(6-11(16)17)12(18)8-3-4-10(14)9(13)5-8/h3-5,7H,6,14H2,1-2H3,(H,16,17). The van der Waals surface area contributed by atoms with E-state index in [1.54, 1.807) is 13.8 Å². The predicted molar refractivity (Wildman–Crippen MR) is 64.6 cm³/mol. The van der Waals surface area contributed by atoms with Gasteiger partial charge >= 0.3 is 5.97 Å². The first kappa shape index (κ1) is 14.0. The Morgan fingerprint density at radius 3 is 2.50 bits per heavy atom. The van der Waals surface area contributed by atoms with Crippen molar-refractivity contribution in [2.24, 2.45) is 0 Å². The summed E-state index contributed by atoms with van der Waals surface area (Å²) in [6, 6.07) is 3.36. The average Bonchev–Trinajstić information content (AvgIpc) is 2.28. The lowest BCUT2D eigenvalue weighted by Crippen LogP contribution is -2.40. The molecule has 18 heavy (non-hydrogen) atoms. The van der Waals surface area contributed by atoms with Crippen LogP contribution in [-0.2, 0) is 4.79 Å². The molecule has 0 saturated heterocycles. The van der Waals surface area contributed by atoms with Gasteiger partial charge in [-0.3, -0.25) is 9.59 Å². The van der Waals surface area contributed by atoms with Crippen LogP contribution in [-0.4, -0.2) is 34.5 Å². The van der Waals surface area contributed by atoms with Crippen molar-refractivity contribution in [3.63, 3.8) is 0 Å². The number of carboxylic acid groups (broad SMARTS) is 1. The number of hydrogen-bond acceptors (Lipinski definition) is 3. The maximum atomic E-state index is 13.3. The van der Waals surface area contributed by atoms with E-state index in [2.05, 4.69) is 0 Å². The molecule has 1 rings (SSSR count). The number of rotatable bonds is 4. The number of amides is 1. The zero-order valence-corrected chi connectivity index (χ0v) is 10.2. The van der Waals surface area contributed by atoms with Gasteiger partial charge in [0.25, 0.3) is 5.91 Å². The highest BCUT2D eigenvalue weighted by Crippen LogP contribution is 2.15. The smallest absolute Gasteiger partial charge is 0.323 e. The van der Waals surface area contributed by atoms with Gasteiger partial charge in [0.05, 0.1) is 5.69 Å². The van der Waals surface area contributed by atoms with E-state index in [-0.39, 0.29) is 17.3 Å². The van der Waals surface area contributed by atoms with E-state index >= 15 is 0 Å². The van der Waals surface area contributed by atoms with Crippen molar-refractivity contribution in [3.8, 4) is 0 Å². The van der Waals surface area contributed by atoms with Crippen LogP contribution in [0.3, 0.4) is 0 Å². The van der Waals surface area contributed by atoms with Crippen molar-refractivity contribution in [1.29, 1.82) is 0 Å². The minimum atomic E-state index is -1.12. The topological polar surface area (TPSA) is 83.6 Å². The fraction of sp³-hybridized carbons (Fsp3) is 0.333. The number of hydrogen-bond donors (Lipinski definition) is 2. The number of halogens is 1. The predicted octanol–water partition coefficient (Wildman–Crippen LogP) is 1.34. The minimum Gasteiger partial charge on any atom is -0.480 e. The first-order valence-corrected chi connectivity index (χ1v) is 5.40. The zero-order valence-electron chi connectivity index (χ0n) is 10.2. The molecule has 0 aliphatic carbocycles. The highest BCUT2D eigenvalue weighted by atomic mass is 19.1. The first-order valence-electron chi connectivity index (χ1n) is 5.40. The second-order valence-electron chi connectivity index (χ2n) is 4.16. The van der Waals surface area contributed by atoms with Gasteiger partial charge in [0, 0.05) is 11.6 Å².